The van der Waals surface area contributed by atoms with Crippen LogP contribution in [-0.4, -0.2) is 28.8 Å². The van der Waals surface area contributed by atoms with Gasteiger partial charge in [0.15, 0.2) is 0 Å². The van der Waals surface area contributed by atoms with E-state index in [4.69, 9.17) is 10.5 Å². The largest absolute Gasteiger partial charge is 0.381 e. The van der Waals surface area contributed by atoms with Gasteiger partial charge in [-0.05, 0) is 49.8 Å². The SMILES string of the molecule is CC(N)Cc1cn(CC2CCOCC2)c2ncccc12. The lowest BCUT2D eigenvalue weighted by Crippen LogP contribution is -2.20. The standard InChI is InChI=1S/C16H23N3O/c1-12(17)9-14-11-19(10-13-4-7-20-8-5-13)16-15(14)3-2-6-18-16/h2-3,6,11-13H,4-5,7-10,17H2,1H3. The van der Waals surface area contributed by atoms with Crippen LogP contribution in [0, 0.1) is 5.92 Å². The van der Waals surface area contributed by atoms with Gasteiger partial charge >= 0.3 is 0 Å². The van der Waals surface area contributed by atoms with Crippen LogP contribution in [-0.2, 0) is 17.7 Å². The van der Waals surface area contributed by atoms with E-state index >= 15 is 0 Å². The van der Waals surface area contributed by atoms with Gasteiger partial charge in [-0.1, -0.05) is 0 Å². The summed E-state index contributed by atoms with van der Waals surface area (Å²) in [6, 6.07) is 4.34. The summed E-state index contributed by atoms with van der Waals surface area (Å²) >= 11 is 0. The summed E-state index contributed by atoms with van der Waals surface area (Å²) in [7, 11) is 0. The minimum atomic E-state index is 0.178. The average Bonchev–Trinajstić information content (AvgIpc) is 2.78. The first-order chi connectivity index (χ1) is 9.74. The Morgan fingerprint density at radius 3 is 3.00 bits per heavy atom. The fraction of sp³-hybridized carbons (Fsp3) is 0.562. The minimum Gasteiger partial charge on any atom is -0.381 e. The number of pyridine rings is 1. The molecule has 4 heteroatoms. The van der Waals surface area contributed by atoms with E-state index in [-0.39, 0.29) is 6.04 Å². The molecule has 4 nitrogen and oxygen atoms in total. The molecule has 1 saturated heterocycles. The summed E-state index contributed by atoms with van der Waals surface area (Å²) in [6.45, 7) is 4.88. The normalized spacial score (nSPS) is 18.5. The Morgan fingerprint density at radius 1 is 1.45 bits per heavy atom. The molecule has 1 aliphatic rings. The molecule has 20 heavy (non-hydrogen) atoms. The fourth-order valence-corrected chi connectivity index (χ4v) is 3.05. The lowest BCUT2D eigenvalue weighted by atomic mass is 10.0. The Hall–Kier alpha value is -1.39. The van der Waals surface area contributed by atoms with Crippen LogP contribution in [0.2, 0.25) is 0 Å². The quantitative estimate of drug-likeness (QED) is 0.930. The smallest absolute Gasteiger partial charge is 0.140 e. The van der Waals surface area contributed by atoms with E-state index in [2.05, 4.69) is 28.7 Å². The zero-order chi connectivity index (χ0) is 13.9. The fourth-order valence-electron chi connectivity index (χ4n) is 3.05. The van der Waals surface area contributed by atoms with Crippen LogP contribution in [0.5, 0.6) is 0 Å². The molecule has 3 heterocycles. The number of fused-ring (bicyclic) bond motifs is 1. The average molecular weight is 273 g/mol. The molecule has 0 radical (unpaired) electrons. The van der Waals surface area contributed by atoms with Crippen molar-refractivity contribution in [3.63, 3.8) is 0 Å². The van der Waals surface area contributed by atoms with E-state index in [9.17, 15) is 0 Å². The Balaban J connectivity index is 1.89. The van der Waals surface area contributed by atoms with Gasteiger partial charge in [-0.2, -0.15) is 0 Å². The molecule has 2 N–H and O–H groups in total. The van der Waals surface area contributed by atoms with Crippen molar-refractivity contribution in [1.29, 1.82) is 0 Å². The number of ether oxygens (including phenoxy) is 1. The molecule has 3 rings (SSSR count). The van der Waals surface area contributed by atoms with Crippen LogP contribution < -0.4 is 5.73 Å². The summed E-state index contributed by atoms with van der Waals surface area (Å²) in [5, 5.41) is 1.25. The second-order valence-electron chi connectivity index (χ2n) is 5.92. The van der Waals surface area contributed by atoms with E-state index in [1.165, 1.54) is 10.9 Å². The summed E-state index contributed by atoms with van der Waals surface area (Å²) in [5.74, 6) is 0.699. The molecular weight excluding hydrogens is 250 g/mol. The van der Waals surface area contributed by atoms with E-state index in [0.29, 0.717) is 5.92 Å². The Bertz CT molecular complexity index is 570. The van der Waals surface area contributed by atoms with E-state index < -0.39 is 0 Å². The van der Waals surface area contributed by atoms with Crippen molar-refractivity contribution in [1.82, 2.24) is 9.55 Å². The third-order valence-corrected chi connectivity index (χ3v) is 4.05. The van der Waals surface area contributed by atoms with Crippen molar-refractivity contribution in [2.24, 2.45) is 11.7 Å². The van der Waals surface area contributed by atoms with Crippen LogP contribution in [0.1, 0.15) is 25.3 Å². The number of nitrogens with zero attached hydrogens (tertiary/aromatic N) is 2. The van der Waals surface area contributed by atoms with Crippen molar-refractivity contribution >= 4 is 11.0 Å². The molecule has 0 aliphatic carbocycles. The number of nitrogens with two attached hydrogens (primary N) is 1. The maximum atomic E-state index is 5.96. The van der Waals surface area contributed by atoms with Gasteiger partial charge in [0.25, 0.3) is 0 Å². The molecule has 0 amide bonds. The number of aromatic nitrogens is 2. The van der Waals surface area contributed by atoms with Crippen LogP contribution in [0.25, 0.3) is 11.0 Å². The lowest BCUT2D eigenvalue weighted by Gasteiger charge is -2.22. The van der Waals surface area contributed by atoms with Crippen LogP contribution in [0.4, 0.5) is 0 Å². The van der Waals surface area contributed by atoms with Gasteiger partial charge < -0.3 is 15.0 Å². The molecule has 1 atom stereocenters. The van der Waals surface area contributed by atoms with Crippen LogP contribution in [0.3, 0.4) is 0 Å². The number of rotatable bonds is 4. The Morgan fingerprint density at radius 2 is 2.25 bits per heavy atom. The maximum absolute atomic E-state index is 5.96. The first kappa shape index (κ1) is 13.6. The molecular formula is C16H23N3O. The van der Waals surface area contributed by atoms with Gasteiger partial charge in [-0.3, -0.25) is 0 Å². The van der Waals surface area contributed by atoms with Crippen molar-refractivity contribution in [3.8, 4) is 0 Å². The predicted octanol–water partition coefficient (Wildman–Crippen LogP) is 2.35. The zero-order valence-corrected chi connectivity index (χ0v) is 12.1. The molecule has 0 spiro atoms. The number of hydrogen-bond acceptors (Lipinski definition) is 3. The second-order valence-corrected chi connectivity index (χ2v) is 5.92. The first-order valence-corrected chi connectivity index (χ1v) is 7.50. The van der Waals surface area contributed by atoms with Gasteiger partial charge in [0.1, 0.15) is 5.65 Å². The summed E-state index contributed by atoms with van der Waals surface area (Å²) < 4.78 is 7.75. The molecule has 1 fully saturated rings. The van der Waals surface area contributed by atoms with Gasteiger partial charge in [-0.15, -0.1) is 0 Å². The highest BCUT2D eigenvalue weighted by Crippen LogP contribution is 2.24. The second kappa shape index (κ2) is 5.94. The highest BCUT2D eigenvalue weighted by molar-refractivity contribution is 5.80. The number of hydrogen-bond donors (Lipinski definition) is 1. The predicted molar refractivity (Wildman–Crippen MR) is 80.6 cm³/mol. The highest BCUT2D eigenvalue weighted by atomic mass is 16.5. The molecule has 2 aromatic heterocycles. The zero-order valence-electron chi connectivity index (χ0n) is 12.1. The molecule has 1 unspecified atom stereocenters. The van der Waals surface area contributed by atoms with Gasteiger partial charge in [0.05, 0.1) is 0 Å². The van der Waals surface area contributed by atoms with Crippen molar-refractivity contribution in [2.75, 3.05) is 13.2 Å². The molecule has 0 aromatic carbocycles. The maximum Gasteiger partial charge on any atom is 0.140 e. The molecule has 2 aromatic rings. The van der Waals surface area contributed by atoms with Gasteiger partial charge in [-0.25, -0.2) is 4.98 Å². The summed E-state index contributed by atoms with van der Waals surface area (Å²) in [4.78, 5) is 4.57. The molecule has 0 bridgehead atoms. The van der Waals surface area contributed by atoms with E-state index in [1.54, 1.807) is 0 Å². The van der Waals surface area contributed by atoms with Crippen molar-refractivity contribution in [2.45, 2.75) is 38.8 Å². The van der Waals surface area contributed by atoms with Gasteiger partial charge in [0.2, 0.25) is 0 Å². The van der Waals surface area contributed by atoms with Crippen LogP contribution in [0.15, 0.2) is 24.5 Å². The van der Waals surface area contributed by atoms with E-state index in [1.807, 2.05) is 12.3 Å². The van der Waals surface area contributed by atoms with Crippen LogP contribution >= 0.6 is 0 Å². The topological polar surface area (TPSA) is 53.1 Å². The highest BCUT2D eigenvalue weighted by Gasteiger charge is 2.17. The first-order valence-electron chi connectivity index (χ1n) is 7.50. The molecule has 108 valence electrons. The lowest BCUT2D eigenvalue weighted by molar-refractivity contribution is 0.0616. The third kappa shape index (κ3) is 2.86. The van der Waals surface area contributed by atoms with Crippen molar-refractivity contribution < 1.29 is 4.74 Å². The third-order valence-electron chi connectivity index (χ3n) is 4.05. The minimum absolute atomic E-state index is 0.178. The Kier molecular flexibility index (Phi) is 4.03. The molecule has 1 aliphatic heterocycles. The van der Waals surface area contributed by atoms with E-state index in [0.717, 1.165) is 44.7 Å². The summed E-state index contributed by atoms with van der Waals surface area (Å²) in [5.41, 5.74) is 8.37. The Labute approximate surface area is 119 Å². The monoisotopic (exact) mass is 273 g/mol. The summed E-state index contributed by atoms with van der Waals surface area (Å²) in [6.07, 6.45) is 7.32. The molecule has 0 saturated carbocycles. The van der Waals surface area contributed by atoms with Crippen molar-refractivity contribution in [3.05, 3.63) is 30.1 Å². The van der Waals surface area contributed by atoms with Gasteiger partial charge in [0, 0.05) is 43.6 Å².